The van der Waals surface area contributed by atoms with E-state index >= 15 is 0 Å². The molecule has 3 rings (SSSR count). The van der Waals surface area contributed by atoms with Gasteiger partial charge in [0.25, 0.3) is 0 Å². The molecule has 0 atom stereocenters. The molecule has 2 aromatic rings. The van der Waals surface area contributed by atoms with E-state index in [1.54, 1.807) is 6.07 Å². The average molecular weight is 276 g/mol. The first-order valence-corrected chi connectivity index (χ1v) is 7.30. The molecular formula is C15H17FN2S. The van der Waals surface area contributed by atoms with Gasteiger partial charge in [-0.3, -0.25) is 4.90 Å². The second kappa shape index (κ2) is 5.10. The fraction of sp³-hybridized carbons (Fsp3) is 0.400. The van der Waals surface area contributed by atoms with Gasteiger partial charge in [0.1, 0.15) is 11.3 Å². The van der Waals surface area contributed by atoms with Crippen LogP contribution in [0.2, 0.25) is 0 Å². The average Bonchev–Trinajstić information content (AvgIpc) is 2.45. The molecule has 0 aliphatic carbocycles. The third-order valence-corrected chi connectivity index (χ3v) is 4.24. The van der Waals surface area contributed by atoms with E-state index < -0.39 is 0 Å². The van der Waals surface area contributed by atoms with Crippen molar-refractivity contribution >= 4 is 23.5 Å². The van der Waals surface area contributed by atoms with Gasteiger partial charge in [0.05, 0.1) is 0 Å². The minimum Gasteiger partial charge on any atom is -0.299 e. The molecule has 19 heavy (non-hydrogen) atoms. The Morgan fingerprint density at radius 3 is 3.00 bits per heavy atom. The number of para-hydroxylation sites is 1. The maximum absolute atomic E-state index is 13.9. The minimum absolute atomic E-state index is 0.235. The molecule has 1 aromatic carbocycles. The smallest absolute Gasteiger partial charge is 0.149 e. The highest BCUT2D eigenvalue weighted by Crippen LogP contribution is 2.30. The van der Waals surface area contributed by atoms with Gasteiger partial charge in [0, 0.05) is 36.3 Å². The van der Waals surface area contributed by atoms with E-state index in [0.717, 1.165) is 42.7 Å². The van der Waals surface area contributed by atoms with Crippen LogP contribution >= 0.6 is 12.6 Å². The molecular weight excluding hydrogens is 259 g/mol. The molecule has 4 heteroatoms. The first kappa shape index (κ1) is 12.9. The number of nitrogens with zero attached hydrogens (tertiary/aromatic N) is 2. The lowest BCUT2D eigenvalue weighted by molar-refractivity contribution is 0.265. The van der Waals surface area contributed by atoms with Crippen LogP contribution in [0.5, 0.6) is 0 Å². The SMILES string of the molecule is CCN1CCc2nc3c(F)cccc3c(CS)c2C1. The molecule has 0 bridgehead atoms. The highest BCUT2D eigenvalue weighted by molar-refractivity contribution is 7.79. The van der Waals surface area contributed by atoms with Gasteiger partial charge >= 0.3 is 0 Å². The van der Waals surface area contributed by atoms with E-state index in [9.17, 15) is 4.39 Å². The van der Waals surface area contributed by atoms with Crippen molar-refractivity contribution in [1.29, 1.82) is 0 Å². The Morgan fingerprint density at radius 1 is 1.42 bits per heavy atom. The van der Waals surface area contributed by atoms with Gasteiger partial charge in [-0.1, -0.05) is 19.1 Å². The summed E-state index contributed by atoms with van der Waals surface area (Å²) in [7, 11) is 0. The number of likely N-dealkylation sites (N-methyl/N-ethyl adjacent to an activating group) is 1. The number of aromatic nitrogens is 1. The van der Waals surface area contributed by atoms with Crippen LogP contribution in [0.15, 0.2) is 18.2 Å². The molecule has 0 unspecified atom stereocenters. The first-order chi connectivity index (χ1) is 9.24. The summed E-state index contributed by atoms with van der Waals surface area (Å²) in [6, 6.07) is 5.17. The number of halogens is 1. The summed E-state index contributed by atoms with van der Waals surface area (Å²) in [4.78, 5) is 6.95. The second-order valence-electron chi connectivity index (χ2n) is 4.93. The van der Waals surface area contributed by atoms with Crippen molar-refractivity contribution in [2.45, 2.75) is 25.6 Å². The van der Waals surface area contributed by atoms with Crippen molar-refractivity contribution < 1.29 is 4.39 Å². The molecule has 0 N–H and O–H groups in total. The molecule has 1 aliphatic heterocycles. The van der Waals surface area contributed by atoms with Gasteiger partial charge in [-0.05, 0) is 23.7 Å². The third-order valence-electron chi connectivity index (χ3n) is 3.92. The summed E-state index contributed by atoms with van der Waals surface area (Å²) in [5, 5.41) is 0.909. The van der Waals surface area contributed by atoms with Gasteiger partial charge in [-0.25, -0.2) is 9.37 Å². The zero-order chi connectivity index (χ0) is 13.4. The summed E-state index contributed by atoms with van der Waals surface area (Å²) in [5.41, 5.74) is 3.93. The maximum Gasteiger partial charge on any atom is 0.149 e. The molecule has 2 nitrogen and oxygen atoms in total. The van der Waals surface area contributed by atoms with Crippen molar-refractivity contribution in [1.82, 2.24) is 9.88 Å². The molecule has 0 saturated carbocycles. The largest absolute Gasteiger partial charge is 0.299 e. The van der Waals surface area contributed by atoms with Crippen LogP contribution in [0, 0.1) is 5.82 Å². The van der Waals surface area contributed by atoms with Crippen LogP contribution in [0.25, 0.3) is 10.9 Å². The Balaban J connectivity index is 2.26. The lowest BCUT2D eigenvalue weighted by Gasteiger charge is -2.29. The lowest BCUT2D eigenvalue weighted by atomic mass is 9.96. The van der Waals surface area contributed by atoms with Crippen molar-refractivity contribution in [2.24, 2.45) is 0 Å². The molecule has 0 spiro atoms. The van der Waals surface area contributed by atoms with E-state index in [0.29, 0.717) is 11.3 Å². The molecule has 100 valence electrons. The molecule has 1 aliphatic rings. The number of rotatable bonds is 2. The Kier molecular flexibility index (Phi) is 3.46. The van der Waals surface area contributed by atoms with E-state index in [1.807, 2.05) is 6.07 Å². The highest BCUT2D eigenvalue weighted by atomic mass is 32.1. The minimum atomic E-state index is -0.235. The van der Waals surface area contributed by atoms with E-state index in [4.69, 9.17) is 0 Å². The van der Waals surface area contributed by atoms with E-state index in [2.05, 4.69) is 29.4 Å². The van der Waals surface area contributed by atoms with Gasteiger partial charge in [0.2, 0.25) is 0 Å². The van der Waals surface area contributed by atoms with Crippen LogP contribution in [-0.4, -0.2) is 23.0 Å². The number of thiol groups is 1. The van der Waals surface area contributed by atoms with Crippen LogP contribution in [0.1, 0.15) is 23.7 Å². The number of hydrogen-bond acceptors (Lipinski definition) is 3. The van der Waals surface area contributed by atoms with Crippen molar-refractivity contribution in [3.8, 4) is 0 Å². The fourth-order valence-electron chi connectivity index (χ4n) is 2.82. The van der Waals surface area contributed by atoms with Gasteiger partial charge in [-0.2, -0.15) is 12.6 Å². The van der Waals surface area contributed by atoms with Crippen molar-refractivity contribution in [3.63, 3.8) is 0 Å². The third kappa shape index (κ3) is 2.13. The predicted octanol–water partition coefficient (Wildman–Crippen LogP) is 3.18. The predicted molar refractivity (Wildman–Crippen MR) is 79.0 cm³/mol. The van der Waals surface area contributed by atoms with E-state index in [1.165, 1.54) is 11.6 Å². The maximum atomic E-state index is 13.9. The summed E-state index contributed by atoms with van der Waals surface area (Å²) in [6.45, 7) is 5.11. The molecule has 0 amide bonds. The summed E-state index contributed by atoms with van der Waals surface area (Å²) in [6.07, 6.45) is 0.897. The number of fused-ring (bicyclic) bond motifs is 2. The Morgan fingerprint density at radius 2 is 2.26 bits per heavy atom. The standard InChI is InChI=1S/C15H17FN2S/c1-2-18-7-6-14-11(8-18)12(9-19)10-4-3-5-13(16)15(10)17-14/h3-5,19H,2,6-9H2,1H3. The Labute approximate surface area is 118 Å². The lowest BCUT2D eigenvalue weighted by Crippen LogP contribution is -2.31. The zero-order valence-corrected chi connectivity index (χ0v) is 11.9. The quantitative estimate of drug-likeness (QED) is 0.848. The topological polar surface area (TPSA) is 16.1 Å². The normalized spacial score (nSPS) is 15.7. The van der Waals surface area contributed by atoms with Gasteiger partial charge < -0.3 is 0 Å². The molecule has 2 heterocycles. The number of hydrogen-bond donors (Lipinski definition) is 1. The first-order valence-electron chi connectivity index (χ1n) is 6.66. The van der Waals surface area contributed by atoms with Crippen LogP contribution in [0.4, 0.5) is 4.39 Å². The number of benzene rings is 1. The van der Waals surface area contributed by atoms with Crippen LogP contribution in [0.3, 0.4) is 0 Å². The molecule has 0 saturated heterocycles. The van der Waals surface area contributed by atoms with Crippen LogP contribution in [-0.2, 0) is 18.7 Å². The highest BCUT2D eigenvalue weighted by Gasteiger charge is 2.21. The van der Waals surface area contributed by atoms with Gasteiger partial charge in [-0.15, -0.1) is 0 Å². The Bertz CT molecular complexity index is 627. The monoisotopic (exact) mass is 276 g/mol. The van der Waals surface area contributed by atoms with Crippen LogP contribution < -0.4 is 0 Å². The molecule has 1 aromatic heterocycles. The summed E-state index contributed by atoms with van der Waals surface area (Å²) >= 11 is 4.44. The van der Waals surface area contributed by atoms with Crippen molar-refractivity contribution in [2.75, 3.05) is 13.1 Å². The Hall–Kier alpha value is -1.13. The zero-order valence-electron chi connectivity index (χ0n) is 11.0. The molecule has 0 fully saturated rings. The second-order valence-corrected chi connectivity index (χ2v) is 5.24. The van der Waals surface area contributed by atoms with Crippen molar-refractivity contribution in [3.05, 3.63) is 40.8 Å². The molecule has 0 radical (unpaired) electrons. The fourth-order valence-corrected chi connectivity index (χ4v) is 3.18. The van der Waals surface area contributed by atoms with E-state index in [-0.39, 0.29) is 5.82 Å². The summed E-state index contributed by atoms with van der Waals surface area (Å²) in [5.74, 6) is 0.392. The summed E-state index contributed by atoms with van der Waals surface area (Å²) < 4.78 is 13.9. The van der Waals surface area contributed by atoms with Gasteiger partial charge in [0.15, 0.2) is 0 Å². The number of pyridine rings is 1.